The molecule has 2 heterocycles. The van der Waals surface area contributed by atoms with Gasteiger partial charge in [-0.3, -0.25) is 14.5 Å². The largest absolute Gasteiger partial charge is 0.497 e. The highest BCUT2D eigenvalue weighted by atomic mass is 16.5. The number of hydrogen-bond donors (Lipinski definition) is 3. The molecule has 0 radical (unpaired) electrons. The summed E-state index contributed by atoms with van der Waals surface area (Å²) in [6, 6.07) is 13.5. The zero-order valence-electron chi connectivity index (χ0n) is 16.5. The average Bonchev–Trinajstić information content (AvgIpc) is 3.34. The maximum atomic E-state index is 12.6. The zero-order chi connectivity index (χ0) is 21.1. The van der Waals surface area contributed by atoms with Gasteiger partial charge in [0.05, 0.1) is 19.3 Å². The van der Waals surface area contributed by atoms with Crippen molar-refractivity contribution in [2.24, 2.45) is 0 Å². The molecule has 1 saturated heterocycles. The SMILES string of the molecule is COc1ccc(CN2C(=O)N[C@@H](CCC(=O)Nc3cccc4[nH]ccc34)C2=O)cc1. The minimum absolute atomic E-state index is 0.119. The summed E-state index contributed by atoms with van der Waals surface area (Å²) in [5.74, 6) is 0.172. The number of fused-ring (bicyclic) bond motifs is 1. The number of aromatic amines is 1. The molecule has 4 amide bonds. The van der Waals surface area contributed by atoms with Crippen LogP contribution in [0.2, 0.25) is 0 Å². The van der Waals surface area contributed by atoms with Gasteiger partial charge >= 0.3 is 6.03 Å². The molecule has 1 aliphatic rings. The van der Waals surface area contributed by atoms with E-state index in [4.69, 9.17) is 4.74 Å². The Morgan fingerprint density at radius 2 is 1.93 bits per heavy atom. The molecule has 4 rings (SSSR count). The van der Waals surface area contributed by atoms with E-state index >= 15 is 0 Å². The molecule has 1 atom stereocenters. The fourth-order valence-corrected chi connectivity index (χ4v) is 3.52. The van der Waals surface area contributed by atoms with E-state index in [9.17, 15) is 14.4 Å². The number of methoxy groups -OCH3 is 1. The van der Waals surface area contributed by atoms with Crippen molar-refractivity contribution in [3.05, 3.63) is 60.3 Å². The first-order valence-corrected chi connectivity index (χ1v) is 9.66. The molecule has 2 aromatic carbocycles. The quantitative estimate of drug-likeness (QED) is 0.525. The van der Waals surface area contributed by atoms with Crippen molar-refractivity contribution < 1.29 is 19.1 Å². The highest BCUT2D eigenvalue weighted by Gasteiger charge is 2.37. The Balaban J connectivity index is 1.33. The van der Waals surface area contributed by atoms with Crippen molar-refractivity contribution in [1.82, 2.24) is 15.2 Å². The predicted molar refractivity (Wildman–Crippen MR) is 112 cm³/mol. The second-order valence-corrected chi connectivity index (χ2v) is 7.11. The van der Waals surface area contributed by atoms with Crippen LogP contribution in [0.25, 0.3) is 10.9 Å². The number of nitrogens with one attached hydrogen (secondary N) is 3. The third-order valence-electron chi connectivity index (χ3n) is 5.14. The molecule has 0 spiro atoms. The Morgan fingerprint density at radius 1 is 1.13 bits per heavy atom. The Labute approximate surface area is 173 Å². The number of rotatable bonds is 7. The van der Waals surface area contributed by atoms with Crippen LogP contribution in [0.4, 0.5) is 10.5 Å². The van der Waals surface area contributed by atoms with E-state index in [0.717, 1.165) is 16.5 Å². The summed E-state index contributed by atoms with van der Waals surface area (Å²) in [6.07, 6.45) is 2.16. The van der Waals surface area contributed by atoms with Gasteiger partial charge in [-0.2, -0.15) is 0 Å². The molecular weight excluding hydrogens is 384 g/mol. The van der Waals surface area contributed by atoms with Gasteiger partial charge in [0, 0.05) is 23.5 Å². The van der Waals surface area contributed by atoms with E-state index in [-0.39, 0.29) is 31.2 Å². The van der Waals surface area contributed by atoms with Gasteiger partial charge in [-0.05, 0) is 42.3 Å². The molecule has 154 valence electrons. The number of hydrogen-bond acceptors (Lipinski definition) is 4. The number of carbonyl (C=O) groups is 3. The molecule has 1 aliphatic heterocycles. The summed E-state index contributed by atoms with van der Waals surface area (Å²) in [6.45, 7) is 0.173. The van der Waals surface area contributed by atoms with Gasteiger partial charge in [-0.1, -0.05) is 18.2 Å². The summed E-state index contributed by atoms with van der Waals surface area (Å²) in [5, 5.41) is 6.46. The molecule has 0 bridgehead atoms. The first-order valence-electron chi connectivity index (χ1n) is 9.66. The predicted octanol–water partition coefficient (Wildman–Crippen LogP) is 3.02. The minimum Gasteiger partial charge on any atom is -0.497 e. The van der Waals surface area contributed by atoms with Crippen molar-refractivity contribution in [2.45, 2.75) is 25.4 Å². The third-order valence-corrected chi connectivity index (χ3v) is 5.14. The first-order chi connectivity index (χ1) is 14.5. The molecule has 8 heteroatoms. The van der Waals surface area contributed by atoms with Crippen molar-refractivity contribution in [3.8, 4) is 5.75 Å². The number of amides is 4. The number of H-pyrrole nitrogens is 1. The molecule has 0 saturated carbocycles. The zero-order valence-corrected chi connectivity index (χ0v) is 16.5. The number of anilines is 1. The van der Waals surface area contributed by atoms with Crippen LogP contribution in [0.5, 0.6) is 5.75 Å². The fourth-order valence-electron chi connectivity index (χ4n) is 3.52. The van der Waals surface area contributed by atoms with Crippen molar-refractivity contribution in [3.63, 3.8) is 0 Å². The maximum absolute atomic E-state index is 12.6. The highest BCUT2D eigenvalue weighted by Crippen LogP contribution is 2.23. The van der Waals surface area contributed by atoms with Gasteiger partial charge in [-0.15, -0.1) is 0 Å². The van der Waals surface area contributed by atoms with Crippen molar-refractivity contribution in [2.75, 3.05) is 12.4 Å². The average molecular weight is 406 g/mol. The van der Waals surface area contributed by atoms with E-state index in [1.165, 1.54) is 4.90 Å². The van der Waals surface area contributed by atoms with Gasteiger partial charge in [0.2, 0.25) is 5.91 Å². The second kappa shape index (κ2) is 8.28. The number of ether oxygens (including phenoxy) is 1. The molecule has 0 unspecified atom stereocenters. The molecule has 3 aromatic rings. The third kappa shape index (κ3) is 3.98. The summed E-state index contributed by atoms with van der Waals surface area (Å²) in [7, 11) is 1.58. The van der Waals surface area contributed by atoms with Crippen LogP contribution < -0.4 is 15.4 Å². The van der Waals surface area contributed by atoms with Gasteiger partial charge < -0.3 is 20.4 Å². The molecule has 3 N–H and O–H groups in total. The van der Waals surface area contributed by atoms with E-state index in [0.29, 0.717) is 11.4 Å². The smallest absolute Gasteiger partial charge is 0.325 e. The van der Waals surface area contributed by atoms with Gasteiger partial charge in [0.15, 0.2) is 0 Å². The molecule has 30 heavy (non-hydrogen) atoms. The lowest BCUT2D eigenvalue weighted by Gasteiger charge is -2.13. The van der Waals surface area contributed by atoms with E-state index in [1.807, 2.05) is 42.6 Å². The number of nitrogens with zero attached hydrogens (tertiary/aromatic N) is 1. The second-order valence-electron chi connectivity index (χ2n) is 7.11. The van der Waals surface area contributed by atoms with Crippen LogP contribution in [-0.4, -0.2) is 40.9 Å². The maximum Gasteiger partial charge on any atom is 0.325 e. The molecular formula is C22H22N4O4. The highest BCUT2D eigenvalue weighted by molar-refractivity contribution is 6.05. The lowest BCUT2D eigenvalue weighted by atomic mass is 10.1. The Morgan fingerprint density at radius 3 is 2.70 bits per heavy atom. The molecule has 1 aromatic heterocycles. The molecule has 1 fully saturated rings. The summed E-state index contributed by atoms with van der Waals surface area (Å²) >= 11 is 0. The standard InChI is InChI=1S/C22H22N4O4/c1-30-15-7-5-14(6-8-15)13-26-21(28)19(25-22(26)29)9-10-20(27)24-18-4-2-3-17-16(18)11-12-23-17/h2-8,11-12,19,23H,9-10,13H2,1H3,(H,24,27)(H,25,29)/t19-/m0/s1. The minimum atomic E-state index is -0.704. The van der Waals surface area contributed by atoms with Gasteiger partial charge in [-0.25, -0.2) is 4.79 Å². The number of benzene rings is 2. The summed E-state index contributed by atoms with van der Waals surface area (Å²) < 4.78 is 5.11. The van der Waals surface area contributed by atoms with Crippen LogP contribution in [0, 0.1) is 0 Å². The van der Waals surface area contributed by atoms with Crippen LogP contribution >= 0.6 is 0 Å². The van der Waals surface area contributed by atoms with Crippen LogP contribution in [0.3, 0.4) is 0 Å². The van der Waals surface area contributed by atoms with Crippen LogP contribution in [0.1, 0.15) is 18.4 Å². The topological polar surface area (TPSA) is 104 Å². The summed E-state index contributed by atoms with van der Waals surface area (Å²) in [5.41, 5.74) is 2.46. The van der Waals surface area contributed by atoms with E-state index in [1.54, 1.807) is 19.2 Å². The van der Waals surface area contributed by atoms with Crippen LogP contribution in [0.15, 0.2) is 54.7 Å². The van der Waals surface area contributed by atoms with Gasteiger partial charge in [0.25, 0.3) is 5.91 Å². The monoisotopic (exact) mass is 406 g/mol. The number of carbonyl (C=O) groups excluding carboxylic acids is 3. The van der Waals surface area contributed by atoms with Gasteiger partial charge in [0.1, 0.15) is 11.8 Å². The fraction of sp³-hybridized carbons (Fsp3) is 0.227. The van der Waals surface area contributed by atoms with E-state index in [2.05, 4.69) is 15.6 Å². The lowest BCUT2D eigenvalue weighted by molar-refractivity contribution is -0.128. The van der Waals surface area contributed by atoms with Crippen molar-refractivity contribution in [1.29, 1.82) is 0 Å². The number of imide groups is 1. The Kier molecular flexibility index (Phi) is 5.38. The number of aromatic nitrogens is 1. The lowest BCUT2D eigenvalue weighted by Crippen LogP contribution is -2.31. The van der Waals surface area contributed by atoms with Crippen molar-refractivity contribution >= 4 is 34.4 Å². The molecule has 8 nitrogen and oxygen atoms in total. The Hall–Kier alpha value is -3.81. The van der Waals surface area contributed by atoms with Crippen LogP contribution in [-0.2, 0) is 16.1 Å². The first kappa shape index (κ1) is 19.5. The van der Waals surface area contributed by atoms with E-state index < -0.39 is 12.1 Å². The Bertz CT molecular complexity index is 1090. The number of urea groups is 1. The summed E-state index contributed by atoms with van der Waals surface area (Å²) in [4.78, 5) is 41.5. The normalized spacial score (nSPS) is 16.0. The molecule has 0 aliphatic carbocycles.